The van der Waals surface area contributed by atoms with Gasteiger partial charge in [-0.25, -0.2) is 0 Å². The summed E-state index contributed by atoms with van der Waals surface area (Å²) in [6.45, 7) is 5.24. The summed E-state index contributed by atoms with van der Waals surface area (Å²) in [5.41, 5.74) is 7.76. The first kappa shape index (κ1) is 15.8. The Balaban J connectivity index is 1.81. The molecule has 0 aliphatic carbocycles. The molecule has 0 bridgehead atoms. The Morgan fingerprint density at radius 1 is 1.43 bits per heavy atom. The second-order valence-electron chi connectivity index (χ2n) is 5.71. The van der Waals surface area contributed by atoms with Gasteiger partial charge in [-0.2, -0.15) is 0 Å². The molecule has 1 aromatic rings. The Hall–Kier alpha value is -1.55. The smallest absolute Gasteiger partial charge is 0.222 e. The number of hydrogen-bond acceptors (Lipinski definition) is 3. The molecule has 1 aliphatic rings. The molecule has 0 spiro atoms. The minimum Gasteiger partial charge on any atom is -0.399 e. The van der Waals surface area contributed by atoms with Gasteiger partial charge in [0.2, 0.25) is 5.91 Å². The fraction of sp³-hybridized carbons (Fsp3) is 0.588. The molecule has 0 saturated carbocycles. The Bertz CT molecular complexity index is 462. The number of aryl methyl sites for hydroxylation is 1. The number of likely N-dealkylation sites (tertiary alicyclic amines) is 1. The van der Waals surface area contributed by atoms with Crippen molar-refractivity contribution >= 4 is 11.6 Å². The van der Waals surface area contributed by atoms with E-state index < -0.39 is 0 Å². The number of nitrogens with two attached hydrogens (primary N) is 1. The molecule has 2 N–H and O–H groups in total. The number of amides is 1. The van der Waals surface area contributed by atoms with Crippen molar-refractivity contribution < 1.29 is 9.53 Å². The predicted octanol–water partition coefficient (Wildman–Crippen LogP) is 2.48. The van der Waals surface area contributed by atoms with Crippen molar-refractivity contribution in [2.45, 2.75) is 32.6 Å². The number of carbonyl (C=O) groups excluding carboxylic acids is 1. The molecule has 21 heavy (non-hydrogen) atoms. The molecule has 116 valence electrons. The molecule has 1 heterocycles. The van der Waals surface area contributed by atoms with Crippen LogP contribution in [0.3, 0.4) is 0 Å². The maximum atomic E-state index is 12.3. The fourth-order valence-electron chi connectivity index (χ4n) is 2.87. The number of para-hydroxylation sites is 1. The lowest BCUT2D eigenvalue weighted by atomic mass is 9.98. The van der Waals surface area contributed by atoms with Crippen LogP contribution < -0.4 is 5.73 Å². The topological polar surface area (TPSA) is 55.6 Å². The van der Waals surface area contributed by atoms with Gasteiger partial charge in [0.15, 0.2) is 0 Å². The molecule has 1 aliphatic heterocycles. The van der Waals surface area contributed by atoms with Crippen LogP contribution in [0.4, 0.5) is 5.69 Å². The van der Waals surface area contributed by atoms with Gasteiger partial charge in [-0.15, -0.1) is 0 Å². The average molecular weight is 290 g/mol. The van der Waals surface area contributed by atoms with Gasteiger partial charge in [0.25, 0.3) is 0 Å². The van der Waals surface area contributed by atoms with Crippen LogP contribution in [-0.2, 0) is 16.0 Å². The molecule has 1 aromatic carbocycles. The number of nitrogens with zero attached hydrogens (tertiary/aromatic N) is 1. The van der Waals surface area contributed by atoms with Crippen LogP contribution in [0, 0.1) is 5.92 Å². The van der Waals surface area contributed by atoms with Gasteiger partial charge in [0.1, 0.15) is 0 Å². The Morgan fingerprint density at radius 3 is 3.00 bits per heavy atom. The molecular formula is C17H26N2O2. The summed E-state index contributed by atoms with van der Waals surface area (Å²) in [5.74, 6) is 0.726. The highest BCUT2D eigenvalue weighted by Gasteiger charge is 2.23. The Labute approximate surface area is 127 Å². The number of hydrogen-bond donors (Lipinski definition) is 1. The summed E-state index contributed by atoms with van der Waals surface area (Å²) in [6, 6.07) is 7.77. The van der Waals surface area contributed by atoms with Gasteiger partial charge < -0.3 is 15.4 Å². The van der Waals surface area contributed by atoms with E-state index in [1.165, 1.54) is 0 Å². The second-order valence-corrected chi connectivity index (χ2v) is 5.71. The summed E-state index contributed by atoms with van der Waals surface area (Å²) in [7, 11) is 0. The Kier molecular flexibility index (Phi) is 6.05. The number of carbonyl (C=O) groups is 1. The summed E-state index contributed by atoms with van der Waals surface area (Å²) >= 11 is 0. The molecule has 1 unspecified atom stereocenters. The molecule has 4 heteroatoms. The highest BCUT2D eigenvalue weighted by Crippen LogP contribution is 2.19. The van der Waals surface area contributed by atoms with Crippen molar-refractivity contribution in [2.24, 2.45) is 5.92 Å². The molecule has 1 fully saturated rings. The van der Waals surface area contributed by atoms with E-state index in [0.29, 0.717) is 12.3 Å². The quantitative estimate of drug-likeness (QED) is 0.819. The van der Waals surface area contributed by atoms with Crippen molar-refractivity contribution in [3.05, 3.63) is 29.8 Å². The summed E-state index contributed by atoms with van der Waals surface area (Å²) in [5, 5.41) is 0. The van der Waals surface area contributed by atoms with E-state index in [0.717, 1.165) is 56.8 Å². The minimum atomic E-state index is 0.236. The van der Waals surface area contributed by atoms with Crippen molar-refractivity contribution in [1.82, 2.24) is 4.90 Å². The largest absolute Gasteiger partial charge is 0.399 e. The van der Waals surface area contributed by atoms with E-state index in [9.17, 15) is 4.79 Å². The first-order chi connectivity index (χ1) is 10.2. The molecule has 1 saturated heterocycles. The maximum absolute atomic E-state index is 12.3. The van der Waals surface area contributed by atoms with Crippen LogP contribution in [0.1, 0.15) is 31.7 Å². The minimum absolute atomic E-state index is 0.236. The number of ether oxygens (including phenoxy) is 1. The molecule has 1 amide bonds. The van der Waals surface area contributed by atoms with Gasteiger partial charge in [-0.05, 0) is 43.7 Å². The standard InChI is InChI=1S/C17H26N2O2/c1-2-21-13-14-6-5-11-19(12-14)17(20)10-9-15-7-3-4-8-16(15)18/h3-4,7-8,14H,2,5-6,9-13,18H2,1H3. The van der Waals surface area contributed by atoms with Gasteiger partial charge in [-0.1, -0.05) is 18.2 Å². The van der Waals surface area contributed by atoms with Gasteiger partial charge >= 0.3 is 0 Å². The van der Waals surface area contributed by atoms with E-state index in [4.69, 9.17) is 10.5 Å². The van der Waals surface area contributed by atoms with Crippen LogP contribution in [-0.4, -0.2) is 37.1 Å². The van der Waals surface area contributed by atoms with E-state index >= 15 is 0 Å². The van der Waals surface area contributed by atoms with Gasteiger partial charge in [-0.3, -0.25) is 4.79 Å². The van der Waals surface area contributed by atoms with Gasteiger partial charge in [0.05, 0.1) is 6.61 Å². The molecule has 1 atom stereocenters. The predicted molar refractivity (Wildman–Crippen MR) is 85.0 cm³/mol. The van der Waals surface area contributed by atoms with E-state index in [1.54, 1.807) is 0 Å². The summed E-state index contributed by atoms with van der Waals surface area (Å²) < 4.78 is 5.49. The van der Waals surface area contributed by atoms with Crippen LogP contribution in [0.2, 0.25) is 0 Å². The van der Waals surface area contributed by atoms with E-state index in [2.05, 4.69) is 0 Å². The fourth-order valence-corrected chi connectivity index (χ4v) is 2.87. The van der Waals surface area contributed by atoms with E-state index in [1.807, 2.05) is 36.1 Å². The molecular weight excluding hydrogens is 264 g/mol. The van der Waals surface area contributed by atoms with Crippen molar-refractivity contribution in [2.75, 3.05) is 32.0 Å². The summed E-state index contributed by atoms with van der Waals surface area (Å²) in [4.78, 5) is 14.3. The average Bonchev–Trinajstić information content (AvgIpc) is 2.52. The SMILES string of the molecule is CCOCC1CCCN(C(=O)CCc2ccccc2N)C1. The first-order valence-corrected chi connectivity index (χ1v) is 7.89. The van der Waals surface area contributed by atoms with Crippen LogP contribution in [0.5, 0.6) is 0 Å². The third-order valence-electron chi connectivity index (χ3n) is 4.09. The monoisotopic (exact) mass is 290 g/mol. The van der Waals surface area contributed by atoms with Crippen molar-refractivity contribution in [3.63, 3.8) is 0 Å². The zero-order valence-corrected chi connectivity index (χ0v) is 12.9. The lowest BCUT2D eigenvalue weighted by molar-refractivity contribution is -0.133. The van der Waals surface area contributed by atoms with Crippen molar-refractivity contribution in [1.29, 1.82) is 0 Å². The lowest BCUT2D eigenvalue weighted by Gasteiger charge is -2.32. The normalized spacial score (nSPS) is 18.7. The molecule has 2 rings (SSSR count). The third kappa shape index (κ3) is 4.74. The van der Waals surface area contributed by atoms with Crippen LogP contribution >= 0.6 is 0 Å². The third-order valence-corrected chi connectivity index (χ3v) is 4.09. The number of benzene rings is 1. The van der Waals surface area contributed by atoms with E-state index in [-0.39, 0.29) is 5.91 Å². The molecule has 4 nitrogen and oxygen atoms in total. The molecule has 0 aromatic heterocycles. The lowest BCUT2D eigenvalue weighted by Crippen LogP contribution is -2.41. The van der Waals surface area contributed by atoms with Crippen LogP contribution in [0.25, 0.3) is 0 Å². The zero-order chi connectivity index (χ0) is 15.1. The highest BCUT2D eigenvalue weighted by molar-refractivity contribution is 5.76. The van der Waals surface area contributed by atoms with Crippen LogP contribution in [0.15, 0.2) is 24.3 Å². The number of nitrogen functional groups attached to an aromatic ring is 1. The number of piperidine rings is 1. The van der Waals surface area contributed by atoms with Gasteiger partial charge in [0, 0.05) is 31.8 Å². The Morgan fingerprint density at radius 2 is 2.24 bits per heavy atom. The zero-order valence-electron chi connectivity index (χ0n) is 12.9. The maximum Gasteiger partial charge on any atom is 0.222 e. The number of rotatable bonds is 6. The molecule has 0 radical (unpaired) electrons. The first-order valence-electron chi connectivity index (χ1n) is 7.89. The number of anilines is 1. The highest BCUT2D eigenvalue weighted by atomic mass is 16.5. The second kappa shape index (κ2) is 8.03. The summed E-state index contributed by atoms with van der Waals surface area (Å²) in [6.07, 6.45) is 3.50. The van der Waals surface area contributed by atoms with Crippen molar-refractivity contribution in [3.8, 4) is 0 Å².